The number of rotatable bonds is 3. The molecule has 3 rings (SSSR count). The van der Waals surface area contributed by atoms with Crippen molar-refractivity contribution in [3.63, 3.8) is 0 Å². The van der Waals surface area contributed by atoms with Crippen LogP contribution < -0.4 is 0 Å². The summed E-state index contributed by atoms with van der Waals surface area (Å²) in [6.45, 7) is 2.58. The van der Waals surface area contributed by atoms with Crippen LogP contribution >= 0.6 is 0 Å². The van der Waals surface area contributed by atoms with Gasteiger partial charge < -0.3 is 10.0 Å². The molecule has 0 aromatic heterocycles. The minimum absolute atomic E-state index is 0.171. The lowest BCUT2D eigenvalue weighted by molar-refractivity contribution is -0.152. The van der Waals surface area contributed by atoms with Gasteiger partial charge >= 0.3 is 0 Å². The summed E-state index contributed by atoms with van der Waals surface area (Å²) in [5.41, 5.74) is -0.876. The van der Waals surface area contributed by atoms with Crippen molar-refractivity contribution in [2.45, 2.75) is 38.2 Å². The Hall–Kier alpha value is -1.40. The number of carbonyl (C=O) groups is 1. The van der Waals surface area contributed by atoms with Gasteiger partial charge in [-0.05, 0) is 31.7 Å². The molecule has 6 heteroatoms. The smallest absolute Gasteiger partial charge is 0.254 e. The first-order valence-electron chi connectivity index (χ1n) is 8.48. The topological polar surface area (TPSA) is 74.7 Å². The van der Waals surface area contributed by atoms with E-state index in [1.54, 1.807) is 11.8 Å². The van der Waals surface area contributed by atoms with Crippen molar-refractivity contribution in [1.82, 2.24) is 4.90 Å². The number of hydrogen-bond acceptors (Lipinski definition) is 4. The number of amides is 1. The van der Waals surface area contributed by atoms with E-state index >= 15 is 0 Å². The van der Waals surface area contributed by atoms with Gasteiger partial charge in [0.15, 0.2) is 9.84 Å². The Bertz CT molecular complexity index is 714. The quantitative estimate of drug-likeness (QED) is 0.893. The minimum Gasteiger partial charge on any atom is -0.380 e. The number of piperidine rings is 1. The number of likely N-dealkylation sites (tertiary alicyclic amines) is 1. The zero-order chi connectivity index (χ0) is 17.4. The van der Waals surface area contributed by atoms with E-state index in [9.17, 15) is 18.3 Å². The summed E-state index contributed by atoms with van der Waals surface area (Å²) < 4.78 is 23.7. The SMILES string of the molecule is CC(O)(Cc1ccccc1)C(=O)N1CCCC2(CCS(=O)(=O)C2)C1. The van der Waals surface area contributed by atoms with Gasteiger partial charge in [0, 0.05) is 24.9 Å². The number of hydrogen-bond donors (Lipinski definition) is 1. The molecule has 2 unspecified atom stereocenters. The van der Waals surface area contributed by atoms with Gasteiger partial charge in [-0.25, -0.2) is 8.42 Å². The zero-order valence-corrected chi connectivity index (χ0v) is 14.9. The molecule has 1 spiro atoms. The summed E-state index contributed by atoms with van der Waals surface area (Å²) >= 11 is 0. The monoisotopic (exact) mass is 351 g/mol. The van der Waals surface area contributed by atoms with E-state index in [-0.39, 0.29) is 29.2 Å². The molecule has 132 valence electrons. The summed E-state index contributed by atoms with van der Waals surface area (Å²) in [5, 5.41) is 10.7. The van der Waals surface area contributed by atoms with E-state index in [2.05, 4.69) is 0 Å². The van der Waals surface area contributed by atoms with Crippen LogP contribution in [-0.2, 0) is 21.1 Å². The predicted octanol–water partition coefficient (Wildman–Crippen LogP) is 1.41. The molecule has 1 aromatic carbocycles. The molecular formula is C18H25NO4S. The minimum atomic E-state index is -2.99. The van der Waals surface area contributed by atoms with Crippen molar-refractivity contribution in [3.8, 4) is 0 Å². The second kappa shape index (κ2) is 6.15. The third-order valence-corrected chi connectivity index (χ3v) is 7.15. The summed E-state index contributed by atoms with van der Waals surface area (Å²) in [5.74, 6) is 0.0924. The maximum absolute atomic E-state index is 12.9. The molecule has 1 amide bonds. The van der Waals surface area contributed by atoms with Gasteiger partial charge in [-0.1, -0.05) is 30.3 Å². The van der Waals surface area contributed by atoms with Crippen LogP contribution in [0.4, 0.5) is 0 Å². The number of benzene rings is 1. The number of carbonyl (C=O) groups excluding carboxylic acids is 1. The lowest BCUT2D eigenvalue weighted by Gasteiger charge is -2.42. The van der Waals surface area contributed by atoms with Gasteiger partial charge in [0.2, 0.25) is 0 Å². The van der Waals surface area contributed by atoms with Gasteiger partial charge in [0.25, 0.3) is 5.91 Å². The maximum Gasteiger partial charge on any atom is 0.254 e. The number of aliphatic hydroxyl groups is 1. The third-order valence-electron chi connectivity index (χ3n) is 5.27. The summed E-state index contributed by atoms with van der Waals surface area (Å²) in [6.07, 6.45) is 2.52. The highest BCUT2D eigenvalue weighted by atomic mass is 32.2. The Kier molecular flexibility index (Phi) is 4.47. The average molecular weight is 351 g/mol. The Labute approximate surface area is 143 Å². The van der Waals surface area contributed by atoms with E-state index in [0.29, 0.717) is 19.5 Å². The van der Waals surface area contributed by atoms with Gasteiger partial charge in [0.1, 0.15) is 5.60 Å². The molecule has 0 aliphatic carbocycles. The molecular weight excluding hydrogens is 326 g/mol. The molecule has 2 heterocycles. The van der Waals surface area contributed by atoms with Crippen LogP contribution in [0.1, 0.15) is 31.7 Å². The average Bonchev–Trinajstić information content (AvgIpc) is 2.81. The molecule has 2 fully saturated rings. The van der Waals surface area contributed by atoms with Gasteiger partial charge in [-0.15, -0.1) is 0 Å². The molecule has 1 aromatic rings. The maximum atomic E-state index is 12.9. The van der Waals surface area contributed by atoms with Gasteiger partial charge in [-0.3, -0.25) is 4.79 Å². The van der Waals surface area contributed by atoms with Gasteiger partial charge in [0.05, 0.1) is 11.5 Å². The van der Waals surface area contributed by atoms with Crippen LogP contribution in [0.5, 0.6) is 0 Å². The van der Waals surface area contributed by atoms with Crippen LogP contribution in [0.15, 0.2) is 30.3 Å². The summed E-state index contributed by atoms with van der Waals surface area (Å²) in [4.78, 5) is 14.5. The fourth-order valence-electron chi connectivity index (χ4n) is 4.10. The van der Waals surface area contributed by atoms with Crippen LogP contribution in [0.3, 0.4) is 0 Å². The first-order chi connectivity index (χ1) is 11.2. The largest absolute Gasteiger partial charge is 0.380 e. The van der Waals surface area contributed by atoms with Crippen LogP contribution in [-0.4, -0.2) is 54.5 Å². The third kappa shape index (κ3) is 3.64. The van der Waals surface area contributed by atoms with E-state index in [1.807, 2.05) is 30.3 Å². The van der Waals surface area contributed by atoms with E-state index in [1.165, 1.54) is 0 Å². The van der Waals surface area contributed by atoms with E-state index < -0.39 is 15.4 Å². The van der Waals surface area contributed by atoms with Crippen LogP contribution in [0.2, 0.25) is 0 Å². The highest BCUT2D eigenvalue weighted by Gasteiger charge is 2.47. The lowest BCUT2D eigenvalue weighted by atomic mass is 9.79. The van der Waals surface area contributed by atoms with Crippen LogP contribution in [0.25, 0.3) is 0 Å². The van der Waals surface area contributed by atoms with E-state index in [4.69, 9.17) is 0 Å². The first-order valence-corrected chi connectivity index (χ1v) is 10.3. The standard InChI is InChI=1S/C18H25NO4S/c1-17(21,12-15-6-3-2-4-7-15)16(20)19-10-5-8-18(13-19)9-11-24(22,23)14-18/h2-4,6-7,21H,5,8-14H2,1H3. The highest BCUT2D eigenvalue weighted by Crippen LogP contribution is 2.40. The van der Waals surface area contributed by atoms with Crippen molar-refractivity contribution < 1.29 is 18.3 Å². The Morgan fingerprint density at radius 2 is 2.00 bits per heavy atom. The van der Waals surface area contributed by atoms with Crippen molar-refractivity contribution in [2.24, 2.45) is 5.41 Å². The fourth-order valence-corrected chi connectivity index (χ4v) is 6.30. The Balaban J connectivity index is 1.72. The second-order valence-corrected chi connectivity index (χ2v) is 9.79. The molecule has 0 radical (unpaired) electrons. The van der Waals surface area contributed by atoms with Crippen molar-refractivity contribution in [2.75, 3.05) is 24.6 Å². The predicted molar refractivity (Wildman–Crippen MR) is 92.3 cm³/mol. The molecule has 1 N–H and O–H groups in total. The second-order valence-electron chi connectivity index (χ2n) is 7.61. The molecule has 0 bridgehead atoms. The van der Waals surface area contributed by atoms with Crippen LogP contribution in [0, 0.1) is 5.41 Å². The lowest BCUT2D eigenvalue weighted by Crippen LogP contribution is -2.54. The molecule has 2 aliphatic heterocycles. The molecule has 2 saturated heterocycles. The molecule has 5 nitrogen and oxygen atoms in total. The van der Waals surface area contributed by atoms with Crippen molar-refractivity contribution >= 4 is 15.7 Å². The van der Waals surface area contributed by atoms with Crippen molar-refractivity contribution in [1.29, 1.82) is 0 Å². The molecule has 2 aliphatic rings. The Morgan fingerprint density at radius 3 is 2.62 bits per heavy atom. The molecule has 0 saturated carbocycles. The first kappa shape index (κ1) is 17.4. The summed E-state index contributed by atoms with van der Waals surface area (Å²) in [7, 11) is -2.99. The Morgan fingerprint density at radius 1 is 1.29 bits per heavy atom. The zero-order valence-electron chi connectivity index (χ0n) is 14.1. The number of nitrogens with zero attached hydrogens (tertiary/aromatic N) is 1. The van der Waals surface area contributed by atoms with E-state index in [0.717, 1.165) is 18.4 Å². The molecule has 24 heavy (non-hydrogen) atoms. The highest BCUT2D eigenvalue weighted by molar-refractivity contribution is 7.91. The number of sulfone groups is 1. The van der Waals surface area contributed by atoms with Crippen molar-refractivity contribution in [3.05, 3.63) is 35.9 Å². The fraction of sp³-hybridized carbons (Fsp3) is 0.611. The van der Waals surface area contributed by atoms with Gasteiger partial charge in [-0.2, -0.15) is 0 Å². The summed E-state index contributed by atoms with van der Waals surface area (Å²) in [6, 6.07) is 9.45. The normalized spacial score (nSPS) is 28.7. The molecule has 2 atom stereocenters.